The van der Waals surface area contributed by atoms with Crippen LogP contribution in [0.1, 0.15) is 25.0 Å². The first kappa shape index (κ1) is 13.3. The molecule has 0 saturated heterocycles. The van der Waals surface area contributed by atoms with Crippen LogP contribution in [0.25, 0.3) is 0 Å². The van der Waals surface area contributed by atoms with Crippen molar-refractivity contribution in [3.05, 3.63) is 38.7 Å². The van der Waals surface area contributed by atoms with E-state index in [0.29, 0.717) is 12.1 Å². The molecule has 102 valence electrons. The van der Waals surface area contributed by atoms with Gasteiger partial charge in [0, 0.05) is 19.2 Å². The Bertz CT molecular complexity index is 640. The molecule has 1 aromatic rings. The molecule has 2 N–H and O–H groups in total. The molecule has 1 heterocycles. The van der Waals surface area contributed by atoms with Crippen LogP contribution in [0.4, 0.5) is 5.69 Å². The van der Waals surface area contributed by atoms with E-state index >= 15 is 0 Å². The summed E-state index contributed by atoms with van der Waals surface area (Å²) >= 11 is 0. The van der Waals surface area contributed by atoms with Gasteiger partial charge in [-0.05, 0) is 25.7 Å². The van der Waals surface area contributed by atoms with Gasteiger partial charge in [0.25, 0.3) is 5.56 Å². The molecule has 1 atom stereocenters. The van der Waals surface area contributed by atoms with Crippen LogP contribution in [0.3, 0.4) is 0 Å². The second kappa shape index (κ2) is 5.26. The van der Waals surface area contributed by atoms with E-state index in [1.54, 1.807) is 6.92 Å². The summed E-state index contributed by atoms with van der Waals surface area (Å²) in [5, 5.41) is 2.60. The topological polar surface area (TPSA) is 84.0 Å². The molecule has 6 heteroatoms. The maximum Gasteiger partial charge on any atom is 0.328 e. The van der Waals surface area contributed by atoms with Crippen LogP contribution >= 0.6 is 0 Å². The highest BCUT2D eigenvalue weighted by Crippen LogP contribution is 2.20. The Morgan fingerprint density at radius 1 is 1.53 bits per heavy atom. The van der Waals surface area contributed by atoms with Crippen molar-refractivity contribution in [2.45, 2.75) is 26.2 Å². The normalized spacial score (nSPS) is 17.7. The van der Waals surface area contributed by atoms with Crippen molar-refractivity contribution in [3.8, 4) is 0 Å². The number of carbonyl (C=O) groups excluding carboxylic acids is 1. The third-order valence-corrected chi connectivity index (χ3v) is 3.32. The first-order valence-corrected chi connectivity index (χ1v) is 6.25. The van der Waals surface area contributed by atoms with Gasteiger partial charge in [0.1, 0.15) is 5.69 Å². The third kappa shape index (κ3) is 2.83. The summed E-state index contributed by atoms with van der Waals surface area (Å²) in [7, 11) is 1.37. The quantitative estimate of drug-likeness (QED) is 0.786. The molecule has 0 aromatic carbocycles. The van der Waals surface area contributed by atoms with Gasteiger partial charge in [-0.25, -0.2) is 4.79 Å². The van der Waals surface area contributed by atoms with Crippen LogP contribution in [0, 0.1) is 12.8 Å². The molecule has 0 fully saturated rings. The minimum atomic E-state index is -0.489. The highest BCUT2D eigenvalue weighted by Gasteiger charge is 2.17. The van der Waals surface area contributed by atoms with E-state index in [4.69, 9.17) is 0 Å². The van der Waals surface area contributed by atoms with Gasteiger partial charge in [-0.1, -0.05) is 12.2 Å². The van der Waals surface area contributed by atoms with Crippen molar-refractivity contribution in [2.75, 3.05) is 5.32 Å². The molecular weight excluding hydrogens is 246 g/mol. The summed E-state index contributed by atoms with van der Waals surface area (Å²) in [5.74, 6) is 0.0377. The molecule has 6 nitrogen and oxygen atoms in total. The molecule has 19 heavy (non-hydrogen) atoms. The fourth-order valence-corrected chi connectivity index (χ4v) is 2.17. The summed E-state index contributed by atoms with van der Waals surface area (Å²) in [6.07, 6.45) is 6.41. The fourth-order valence-electron chi connectivity index (χ4n) is 2.17. The second-order valence-corrected chi connectivity index (χ2v) is 4.81. The zero-order valence-corrected chi connectivity index (χ0v) is 11.0. The number of anilines is 1. The number of allylic oxidation sites excluding steroid dienone is 2. The van der Waals surface area contributed by atoms with Gasteiger partial charge in [-0.3, -0.25) is 14.2 Å². The van der Waals surface area contributed by atoms with Gasteiger partial charge in [-0.15, -0.1) is 0 Å². The largest absolute Gasteiger partial charge is 0.328 e. The lowest BCUT2D eigenvalue weighted by Crippen LogP contribution is -2.36. The number of aromatic amines is 1. The monoisotopic (exact) mass is 263 g/mol. The van der Waals surface area contributed by atoms with E-state index in [0.717, 1.165) is 17.4 Å². The molecular formula is C13H17N3O3. The molecule has 1 aromatic heterocycles. The van der Waals surface area contributed by atoms with E-state index in [9.17, 15) is 14.4 Å². The first-order chi connectivity index (χ1) is 8.99. The highest BCUT2D eigenvalue weighted by atomic mass is 16.2. The fraction of sp³-hybridized carbons (Fsp3) is 0.462. The van der Waals surface area contributed by atoms with Crippen LogP contribution < -0.4 is 16.6 Å². The molecule has 1 amide bonds. The Labute approximate surface area is 110 Å². The van der Waals surface area contributed by atoms with Gasteiger partial charge in [-0.2, -0.15) is 0 Å². The van der Waals surface area contributed by atoms with Crippen molar-refractivity contribution < 1.29 is 4.79 Å². The SMILES string of the molecule is Cc1[nH]c(=O)n(C)c(=O)c1NC(=O)CC1C=CCC1. The smallest absolute Gasteiger partial charge is 0.320 e. The minimum Gasteiger partial charge on any atom is -0.320 e. The lowest BCUT2D eigenvalue weighted by Gasteiger charge is -2.10. The lowest BCUT2D eigenvalue weighted by atomic mass is 10.1. The Morgan fingerprint density at radius 3 is 2.89 bits per heavy atom. The number of nitrogens with zero attached hydrogens (tertiary/aromatic N) is 1. The zero-order chi connectivity index (χ0) is 14.0. The Morgan fingerprint density at radius 2 is 2.26 bits per heavy atom. The van der Waals surface area contributed by atoms with E-state index in [2.05, 4.69) is 16.4 Å². The lowest BCUT2D eigenvalue weighted by molar-refractivity contribution is -0.116. The number of hydrogen-bond donors (Lipinski definition) is 2. The van der Waals surface area contributed by atoms with Crippen LogP contribution in [-0.2, 0) is 11.8 Å². The van der Waals surface area contributed by atoms with Crippen molar-refractivity contribution in [2.24, 2.45) is 13.0 Å². The van der Waals surface area contributed by atoms with Crippen molar-refractivity contribution in [1.29, 1.82) is 0 Å². The minimum absolute atomic E-state index is 0.147. The number of H-pyrrole nitrogens is 1. The Kier molecular flexibility index (Phi) is 3.69. The van der Waals surface area contributed by atoms with Crippen molar-refractivity contribution in [1.82, 2.24) is 9.55 Å². The van der Waals surface area contributed by atoms with Crippen LogP contribution in [0.5, 0.6) is 0 Å². The Hall–Kier alpha value is -2.11. The predicted octanol–water partition coefficient (Wildman–Crippen LogP) is 0.677. The standard InChI is InChI=1S/C13H17N3O3/c1-8-11(12(18)16(2)13(19)14-8)15-10(17)7-9-5-3-4-6-9/h3,5,9H,4,6-7H2,1-2H3,(H,14,19)(H,15,17). The molecule has 0 saturated carbocycles. The summed E-state index contributed by atoms with van der Waals surface area (Å²) in [4.78, 5) is 37.7. The van der Waals surface area contributed by atoms with E-state index in [1.807, 2.05) is 6.08 Å². The molecule has 0 spiro atoms. The third-order valence-electron chi connectivity index (χ3n) is 3.32. The number of hydrogen-bond acceptors (Lipinski definition) is 3. The van der Waals surface area contributed by atoms with Crippen molar-refractivity contribution in [3.63, 3.8) is 0 Å². The van der Waals surface area contributed by atoms with E-state index in [-0.39, 0.29) is 17.5 Å². The maximum absolute atomic E-state index is 11.9. The number of aromatic nitrogens is 2. The number of rotatable bonds is 3. The second-order valence-electron chi connectivity index (χ2n) is 4.81. The molecule has 1 unspecified atom stereocenters. The van der Waals surface area contributed by atoms with Crippen LogP contribution in [-0.4, -0.2) is 15.5 Å². The van der Waals surface area contributed by atoms with Gasteiger partial charge in [0.15, 0.2) is 0 Å². The summed E-state index contributed by atoms with van der Waals surface area (Å²) in [5.41, 5.74) is -0.451. The number of amides is 1. The van der Waals surface area contributed by atoms with Crippen molar-refractivity contribution >= 4 is 11.6 Å². The van der Waals surface area contributed by atoms with Gasteiger partial charge in [0.05, 0.1) is 0 Å². The van der Waals surface area contributed by atoms with E-state index in [1.165, 1.54) is 7.05 Å². The average Bonchev–Trinajstić information content (AvgIpc) is 2.85. The number of aryl methyl sites for hydroxylation is 1. The van der Waals surface area contributed by atoms with Crippen LogP contribution in [0.2, 0.25) is 0 Å². The molecule has 2 rings (SSSR count). The molecule has 0 aliphatic heterocycles. The summed E-state index contributed by atoms with van der Waals surface area (Å²) in [6, 6.07) is 0. The van der Waals surface area contributed by atoms with Gasteiger partial charge >= 0.3 is 5.69 Å². The molecule has 1 aliphatic rings. The number of carbonyl (C=O) groups is 1. The molecule has 0 bridgehead atoms. The predicted molar refractivity (Wildman–Crippen MR) is 72.2 cm³/mol. The van der Waals surface area contributed by atoms with Gasteiger partial charge in [0.2, 0.25) is 5.91 Å². The molecule has 1 aliphatic carbocycles. The van der Waals surface area contributed by atoms with E-state index < -0.39 is 11.2 Å². The maximum atomic E-state index is 11.9. The highest BCUT2D eigenvalue weighted by molar-refractivity contribution is 5.91. The first-order valence-electron chi connectivity index (χ1n) is 6.25. The van der Waals surface area contributed by atoms with Gasteiger partial charge < -0.3 is 10.3 Å². The Balaban J connectivity index is 2.17. The average molecular weight is 263 g/mol. The summed E-state index contributed by atoms with van der Waals surface area (Å²) in [6.45, 7) is 1.59. The molecule has 0 radical (unpaired) electrons. The summed E-state index contributed by atoms with van der Waals surface area (Å²) < 4.78 is 0.943. The zero-order valence-electron chi connectivity index (χ0n) is 11.0. The van der Waals surface area contributed by atoms with Crippen LogP contribution in [0.15, 0.2) is 21.7 Å². The number of nitrogens with one attached hydrogen (secondary N) is 2.